The number of halogens is 1. The Bertz CT molecular complexity index is 523. The van der Waals surface area contributed by atoms with E-state index >= 15 is 0 Å². The zero-order valence-electron chi connectivity index (χ0n) is 9.80. The highest BCUT2D eigenvalue weighted by Gasteiger charge is 1.92. The van der Waals surface area contributed by atoms with Gasteiger partial charge in [0.1, 0.15) is 5.82 Å². The van der Waals surface area contributed by atoms with E-state index in [0.717, 1.165) is 15.9 Å². The van der Waals surface area contributed by atoms with Crippen LogP contribution in [0.15, 0.2) is 57.1 Å². The molecule has 1 heterocycles. The number of thioether (sulfide) groups is 1. The number of hydrogen-bond acceptors (Lipinski definition) is 4. The van der Waals surface area contributed by atoms with E-state index in [9.17, 15) is 0 Å². The molecule has 0 fully saturated rings. The number of rotatable bonds is 4. The van der Waals surface area contributed by atoms with Crippen LogP contribution in [0.25, 0.3) is 0 Å². The largest absolute Gasteiger partial charge is 0.261 e. The Balaban J connectivity index is 1.96. The minimum atomic E-state index is 0.718. The van der Waals surface area contributed by atoms with Gasteiger partial charge in [0.25, 0.3) is 0 Å². The van der Waals surface area contributed by atoms with Crippen molar-refractivity contribution >= 4 is 39.7 Å². The van der Waals surface area contributed by atoms with Gasteiger partial charge in [-0.2, -0.15) is 5.10 Å². The van der Waals surface area contributed by atoms with Crippen molar-refractivity contribution in [1.29, 1.82) is 0 Å². The standard InChI is InChI=1S/C13H12BrN3S/c1-18-12-5-2-10(3-6-12)8-16-17-13-7-4-11(14)9-15-13/h2-9H,1H3,(H,15,17). The molecule has 5 heteroatoms. The summed E-state index contributed by atoms with van der Waals surface area (Å²) in [5.74, 6) is 0.718. The summed E-state index contributed by atoms with van der Waals surface area (Å²) in [6.45, 7) is 0. The van der Waals surface area contributed by atoms with Crippen LogP contribution in [0.3, 0.4) is 0 Å². The van der Waals surface area contributed by atoms with E-state index in [1.807, 2.05) is 24.3 Å². The zero-order valence-corrected chi connectivity index (χ0v) is 12.2. The van der Waals surface area contributed by atoms with Crippen molar-refractivity contribution in [1.82, 2.24) is 4.98 Å². The topological polar surface area (TPSA) is 37.3 Å². The first-order valence-corrected chi connectivity index (χ1v) is 7.34. The second-order valence-electron chi connectivity index (χ2n) is 3.50. The fourth-order valence-corrected chi connectivity index (χ4v) is 1.95. The molecule has 18 heavy (non-hydrogen) atoms. The van der Waals surface area contributed by atoms with E-state index in [2.05, 4.69) is 49.8 Å². The molecular weight excluding hydrogens is 310 g/mol. The van der Waals surface area contributed by atoms with E-state index in [-0.39, 0.29) is 0 Å². The number of pyridine rings is 1. The predicted octanol–water partition coefficient (Wildman–Crippen LogP) is 4.01. The van der Waals surface area contributed by atoms with Gasteiger partial charge in [-0.1, -0.05) is 12.1 Å². The van der Waals surface area contributed by atoms with Crippen LogP contribution < -0.4 is 5.43 Å². The molecule has 0 aliphatic rings. The van der Waals surface area contributed by atoms with E-state index in [4.69, 9.17) is 0 Å². The summed E-state index contributed by atoms with van der Waals surface area (Å²) in [6.07, 6.45) is 5.56. The first-order valence-electron chi connectivity index (χ1n) is 5.32. The fraction of sp³-hybridized carbons (Fsp3) is 0.0769. The highest BCUT2D eigenvalue weighted by Crippen LogP contribution is 2.14. The summed E-state index contributed by atoms with van der Waals surface area (Å²) < 4.78 is 0.949. The number of nitrogens with one attached hydrogen (secondary N) is 1. The Kier molecular flexibility index (Phi) is 4.78. The van der Waals surface area contributed by atoms with Crippen molar-refractivity contribution < 1.29 is 0 Å². The molecule has 0 aliphatic carbocycles. The van der Waals surface area contributed by atoms with E-state index < -0.39 is 0 Å². The zero-order chi connectivity index (χ0) is 12.8. The van der Waals surface area contributed by atoms with Crippen molar-refractivity contribution in [3.05, 3.63) is 52.6 Å². The van der Waals surface area contributed by atoms with Crippen LogP contribution >= 0.6 is 27.7 Å². The highest BCUT2D eigenvalue weighted by atomic mass is 79.9. The van der Waals surface area contributed by atoms with E-state index in [1.54, 1.807) is 24.2 Å². The third-order valence-corrected chi connectivity index (χ3v) is 3.45. The van der Waals surface area contributed by atoms with Crippen LogP contribution in [0.5, 0.6) is 0 Å². The first-order chi connectivity index (χ1) is 8.78. The van der Waals surface area contributed by atoms with Crippen molar-refractivity contribution in [2.24, 2.45) is 5.10 Å². The number of hydrazone groups is 1. The lowest BCUT2D eigenvalue weighted by Crippen LogP contribution is -1.92. The quantitative estimate of drug-likeness (QED) is 0.525. The second kappa shape index (κ2) is 6.56. The maximum absolute atomic E-state index is 4.16. The average Bonchev–Trinajstić information content (AvgIpc) is 2.42. The Labute approximate surface area is 119 Å². The van der Waals surface area contributed by atoms with Crippen LogP contribution in [0.2, 0.25) is 0 Å². The molecule has 2 rings (SSSR count). The molecule has 0 aliphatic heterocycles. The Morgan fingerprint density at radius 3 is 2.61 bits per heavy atom. The van der Waals surface area contributed by atoms with Crippen LogP contribution in [-0.2, 0) is 0 Å². The number of hydrogen-bond donors (Lipinski definition) is 1. The normalized spacial score (nSPS) is 10.8. The summed E-state index contributed by atoms with van der Waals surface area (Å²) >= 11 is 5.06. The van der Waals surface area contributed by atoms with Crippen molar-refractivity contribution in [2.45, 2.75) is 4.90 Å². The fourth-order valence-electron chi connectivity index (χ4n) is 1.30. The van der Waals surface area contributed by atoms with Gasteiger partial charge in [-0.3, -0.25) is 5.43 Å². The summed E-state index contributed by atoms with van der Waals surface area (Å²) in [7, 11) is 0. The summed E-state index contributed by atoms with van der Waals surface area (Å²) in [5, 5.41) is 4.14. The second-order valence-corrected chi connectivity index (χ2v) is 5.30. The molecule has 0 saturated carbocycles. The molecule has 0 amide bonds. The van der Waals surface area contributed by atoms with Crippen LogP contribution in [-0.4, -0.2) is 17.5 Å². The van der Waals surface area contributed by atoms with Gasteiger partial charge in [-0.15, -0.1) is 11.8 Å². The molecule has 0 saturated heterocycles. The molecule has 92 valence electrons. The molecule has 0 radical (unpaired) electrons. The van der Waals surface area contributed by atoms with Gasteiger partial charge in [-0.05, 0) is 52.0 Å². The minimum Gasteiger partial charge on any atom is -0.261 e. The summed E-state index contributed by atoms with van der Waals surface area (Å²) in [6, 6.07) is 12.0. The van der Waals surface area contributed by atoms with Gasteiger partial charge in [0, 0.05) is 15.6 Å². The summed E-state index contributed by atoms with van der Waals surface area (Å²) in [5.41, 5.74) is 3.93. The smallest absolute Gasteiger partial charge is 0.146 e. The lowest BCUT2D eigenvalue weighted by molar-refractivity contribution is 1.22. The molecule has 1 aromatic heterocycles. The maximum Gasteiger partial charge on any atom is 0.146 e. The molecule has 0 atom stereocenters. The van der Waals surface area contributed by atoms with Gasteiger partial charge in [-0.25, -0.2) is 4.98 Å². The van der Waals surface area contributed by atoms with Crippen LogP contribution in [0.4, 0.5) is 5.82 Å². The first kappa shape index (κ1) is 13.1. The molecule has 1 aromatic carbocycles. The van der Waals surface area contributed by atoms with Crippen LogP contribution in [0, 0.1) is 0 Å². The average molecular weight is 322 g/mol. The number of benzene rings is 1. The van der Waals surface area contributed by atoms with Gasteiger partial charge >= 0.3 is 0 Å². The molecule has 1 N–H and O–H groups in total. The molecular formula is C13H12BrN3S. The van der Waals surface area contributed by atoms with Crippen molar-refractivity contribution in [3.63, 3.8) is 0 Å². The highest BCUT2D eigenvalue weighted by molar-refractivity contribution is 9.10. The molecule has 3 nitrogen and oxygen atoms in total. The van der Waals surface area contributed by atoms with Gasteiger partial charge in [0.15, 0.2) is 0 Å². The minimum absolute atomic E-state index is 0.718. The number of aromatic nitrogens is 1. The SMILES string of the molecule is CSc1ccc(C=NNc2ccc(Br)cn2)cc1. The third kappa shape index (κ3) is 3.85. The maximum atomic E-state index is 4.16. The number of nitrogens with zero attached hydrogens (tertiary/aromatic N) is 2. The lowest BCUT2D eigenvalue weighted by atomic mass is 10.2. The molecule has 0 bridgehead atoms. The molecule has 0 spiro atoms. The lowest BCUT2D eigenvalue weighted by Gasteiger charge is -1.99. The summed E-state index contributed by atoms with van der Waals surface area (Å²) in [4.78, 5) is 5.41. The Morgan fingerprint density at radius 2 is 2.00 bits per heavy atom. The Hall–Kier alpha value is -1.33. The van der Waals surface area contributed by atoms with Crippen molar-refractivity contribution in [3.8, 4) is 0 Å². The predicted molar refractivity (Wildman–Crippen MR) is 81.4 cm³/mol. The van der Waals surface area contributed by atoms with E-state index in [0.29, 0.717) is 0 Å². The molecule has 0 unspecified atom stereocenters. The van der Waals surface area contributed by atoms with Crippen molar-refractivity contribution in [2.75, 3.05) is 11.7 Å². The number of anilines is 1. The van der Waals surface area contributed by atoms with Gasteiger partial charge in [0.05, 0.1) is 6.21 Å². The van der Waals surface area contributed by atoms with Gasteiger partial charge in [0.2, 0.25) is 0 Å². The Morgan fingerprint density at radius 1 is 1.22 bits per heavy atom. The van der Waals surface area contributed by atoms with Gasteiger partial charge < -0.3 is 0 Å². The van der Waals surface area contributed by atoms with E-state index in [1.165, 1.54) is 4.90 Å². The van der Waals surface area contributed by atoms with Crippen LogP contribution in [0.1, 0.15) is 5.56 Å². The monoisotopic (exact) mass is 321 g/mol. The third-order valence-electron chi connectivity index (χ3n) is 2.24. The molecule has 2 aromatic rings.